The number of halogens is 1. The van der Waals surface area contributed by atoms with Crippen LogP contribution < -0.4 is 9.47 Å². The second-order valence-corrected chi connectivity index (χ2v) is 7.89. The van der Waals surface area contributed by atoms with E-state index in [4.69, 9.17) is 9.47 Å². The molecule has 0 saturated carbocycles. The van der Waals surface area contributed by atoms with E-state index in [-0.39, 0.29) is 9.30 Å². The molecule has 3 rings (SSSR count). The lowest BCUT2D eigenvalue weighted by atomic mass is 10.3. The predicted molar refractivity (Wildman–Crippen MR) is 103 cm³/mol. The predicted octanol–water partition coefficient (Wildman–Crippen LogP) is 3.89. The summed E-state index contributed by atoms with van der Waals surface area (Å²) in [6.07, 6.45) is 0.899. The molecule has 7 heteroatoms. The zero-order chi connectivity index (χ0) is 17.7. The van der Waals surface area contributed by atoms with Crippen molar-refractivity contribution in [3.63, 3.8) is 0 Å². The van der Waals surface area contributed by atoms with E-state index in [1.165, 1.54) is 12.1 Å². The number of rotatable bonds is 7. The number of para-hydroxylation sites is 1. The highest BCUT2D eigenvalue weighted by atomic mass is 127. The molecule has 25 heavy (non-hydrogen) atoms. The summed E-state index contributed by atoms with van der Waals surface area (Å²) in [6.45, 7) is 3.20. The standard InChI is InChI=1S/C18H19IN2O4/c19-18(25-17-8-6-15(7-9-17)21(22)23)10-11-20(14-18)12-13-24-16-4-2-1-3-5-16/h1-9H,10-14H2. The van der Waals surface area contributed by atoms with E-state index in [0.29, 0.717) is 12.4 Å². The summed E-state index contributed by atoms with van der Waals surface area (Å²) in [5.74, 6) is 1.53. The average molecular weight is 454 g/mol. The fraction of sp³-hybridized carbons (Fsp3) is 0.333. The SMILES string of the molecule is O=[N+]([O-])c1ccc(OC2(I)CCN(CCOc3ccccc3)C2)cc1. The highest BCUT2D eigenvalue weighted by Crippen LogP contribution is 2.34. The molecule has 6 nitrogen and oxygen atoms in total. The van der Waals surface area contributed by atoms with Gasteiger partial charge in [-0.1, -0.05) is 18.2 Å². The van der Waals surface area contributed by atoms with Crippen molar-refractivity contribution in [2.45, 2.75) is 10.0 Å². The lowest BCUT2D eigenvalue weighted by Crippen LogP contribution is -2.34. The molecule has 1 heterocycles. The average Bonchev–Trinajstić information content (AvgIpc) is 2.97. The van der Waals surface area contributed by atoms with Gasteiger partial charge < -0.3 is 9.47 Å². The molecule has 1 aliphatic heterocycles. The summed E-state index contributed by atoms with van der Waals surface area (Å²) in [5.41, 5.74) is 0.0703. The Morgan fingerprint density at radius 3 is 2.52 bits per heavy atom. The second-order valence-electron chi connectivity index (χ2n) is 5.92. The van der Waals surface area contributed by atoms with Crippen molar-refractivity contribution in [2.75, 3.05) is 26.2 Å². The molecule has 0 bridgehead atoms. The van der Waals surface area contributed by atoms with E-state index in [9.17, 15) is 10.1 Å². The summed E-state index contributed by atoms with van der Waals surface area (Å²) in [4.78, 5) is 12.6. The van der Waals surface area contributed by atoms with Gasteiger partial charge in [-0.05, 0) is 46.9 Å². The van der Waals surface area contributed by atoms with E-state index in [1.807, 2.05) is 30.3 Å². The summed E-state index contributed by atoms with van der Waals surface area (Å²) >= 11 is 2.33. The van der Waals surface area contributed by atoms with Crippen molar-refractivity contribution in [3.8, 4) is 11.5 Å². The molecule has 0 radical (unpaired) electrons. The Morgan fingerprint density at radius 2 is 1.84 bits per heavy atom. The van der Waals surface area contributed by atoms with Crippen molar-refractivity contribution in [2.24, 2.45) is 0 Å². The van der Waals surface area contributed by atoms with Crippen molar-refractivity contribution in [1.29, 1.82) is 0 Å². The Hall–Kier alpha value is -1.87. The minimum Gasteiger partial charge on any atom is -0.492 e. The zero-order valence-electron chi connectivity index (χ0n) is 13.6. The number of hydrogen-bond donors (Lipinski definition) is 0. The number of non-ortho nitro benzene ring substituents is 1. The maximum Gasteiger partial charge on any atom is 0.269 e. The first kappa shape index (κ1) is 17.9. The van der Waals surface area contributed by atoms with Crippen LogP contribution in [0.2, 0.25) is 0 Å². The smallest absolute Gasteiger partial charge is 0.269 e. The Bertz CT molecular complexity index is 711. The molecule has 2 aromatic carbocycles. The number of benzene rings is 2. The Labute approximate surface area is 160 Å². The molecule has 0 amide bonds. The molecule has 0 spiro atoms. The Kier molecular flexibility index (Phi) is 5.74. The topological polar surface area (TPSA) is 64.8 Å². The van der Waals surface area contributed by atoms with Crippen LogP contribution in [0.15, 0.2) is 54.6 Å². The molecule has 132 valence electrons. The Balaban J connectivity index is 1.48. The van der Waals surface area contributed by atoms with Gasteiger partial charge in [0, 0.05) is 38.2 Å². The monoisotopic (exact) mass is 454 g/mol. The lowest BCUT2D eigenvalue weighted by Gasteiger charge is -2.24. The molecule has 0 aliphatic carbocycles. The van der Waals surface area contributed by atoms with Gasteiger partial charge in [-0.15, -0.1) is 0 Å². The molecule has 0 aromatic heterocycles. The third-order valence-corrected chi connectivity index (χ3v) is 5.13. The van der Waals surface area contributed by atoms with Gasteiger partial charge in [-0.3, -0.25) is 15.0 Å². The molecule has 1 saturated heterocycles. The molecule has 2 aromatic rings. The number of hydrogen-bond acceptors (Lipinski definition) is 5. The van der Waals surface area contributed by atoms with Gasteiger partial charge in [0.15, 0.2) is 3.61 Å². The van der Waals surface area contributed by atoms with Crippen LogP contribution in [0.5, 0.6) is 11.5 Å². The highest BCUT2D eigenvalue weighted by molar-refractivity contribution is 14.1. The van der Waals surface area contributed by atoms with Crippen LogP contribution in [0.1, 0.15) is 6.42 Å². The number of likely N-dealkylation sites (tertiary alicyclic amines) is 1. The minimum absolute atomic E-state index is 0.0703. The summed E-state index contributed by atoms with van der Waals surface area (Å²) in [5, 5.41) is 10.7. The Morgan fingerprint density at radius 1 is 1.12 bits per heavy atom. The van der Waals surface area contributed by atoms with Crippen LogP contribution >= 0.6 is 22.6 Å². The van der Waals surface area contributed by atoms with Crippen LogP contribution in [0, 0.1) is 10.1 Å². The molecule has 0 N–H and O–H groups in total. The number of nitro groups is 1. The van der Waals surface area contributed by atoms with Crippen LogP contribution in [0.25, 0.3) is 0 Å². The largest absolute Gasteiger partial charge is 0.492 e. The number of ether oxygens (including phenoxy) is 2. The molecule has 1 unspecified atom stereocenters. The van der Waals surface area contributed by atoms with Gasteiger partial charge in [-0.25, -0.2) is 0 Å². The van der Waals surface area contributed by atoms with Crippen molar-refractivity contribution >= 4 is 28.3 Å². The van der Waals surface area contributed by atoms with Crippen molar-refractivity contribution < 1.29 is 14.4 Å². The summed E-state index contributed by atoms with van der Waals surface area (Å²) < 4.78 is 11.5. The highest BCUT2D eigenvalue weighted by Gasteiger charge is 2.37. The van der Waals surface area contributed by atoms with Crippen molar-refractivity contribution in [3.05, 3.63) is 64.7 Å². The number of alkyl halides is 1. The van der Waals surface area contributed by atoms with Gasteiger partial charge >= 0.3 is 0 Å². The first-order valence-electron chi connectivity index (χ1n) is 8.07. The minimum atomic E-state index is -0.409. The first-order chi connectivity index (χ1) is 12.0. The normalized spacial score (nSPS) is 20.4. The number of nitro benzene ring substituents is 1. The van der Waals surface area contributed by atoms with Gasteiger partial charge in [0.05, 0.1) is 4.92 Å². The van der Waals surface area contributed by atoms with E-state index in [0.717, 1.165) is 31.8 Å². The molecular formula is C18H19IN2O4. The fourth-order valence-electron chi connectivity index (χ4n) is 2.75. The quantitative estimate of drug-likeness (QED) is 0.275. The van der Waals surface area contributed by atoms with Crippen LogP contribution in [-0.2, 0) is 0 Å². The van der Waals surface area contributed by atoms with Gasteiger partial charge in [-0.2, -0.15) is 0 Å². The molecule has 1 atom stereocenters. The van der Waals surface area contributed by atoms with Crippen LogP contribution in [0.4, 0.5) is 5.69 Å². The third-order valence-electron chi connectivity index (χ3n) is 4.03. The van der Waals surface area contributed by atoms with E-state index in [1.54, 1.807) is 12.1 Å². The first-order valence-corrected chi connectivity index (χ1v) is 9.15. The van der Waals surface area contributed by atoms with E-state index < -0.39 is 4.92 Å². The van der Waals surface area contributed by atoms with Crippen LogP contribution in [0.3, 0.4) is 0 Å². The van der Waals surface area contributed by atoms with Gasteiger partial charge in [0.1, 0.15) is 18.1 Å². The van der Waals surface area contributed by atoms with Crippen molar-refractivity contribution in [1.82, 2.24) is 4.90 Å². The third kappa shape index (κ3) is 5.05. The van der Waals surface area contributed by atoms with E-state index >= 15 is 0 Å². The van der Waals surface area contributed by atoms with Crippen LogP contribution in [-0.4, -0.2) is 39.7 Å². The van der Waals surface area contributed by atoms with Gasteiger partial charge in [0.25, 0.3) is 5.69 Å². The van der Waals surface area contributed by atoms with E-state index in [2.05, 4.69) is 27.5 Å². The van der Waals surface area contributed by atoms with Gasteiger partial charge in [0.2, 0.25) is 0 Å². The number of nitrogens with zero attached hydrogens (tertiary/aromatic N) is 2. The lowest BCUT2D eigenvalue weighted by molar-refractivity contribution is -0.384. The molecule has 1 fully saturated rings. The molecule has 1 aliphatic rings. The fourth-order valence-corrected chi connectivity index (χ4v) is 3.73. The maximum atomic E-state index is 10.7. The zero-order valence-corrected chi connectivity index (χ0v) is 15.8. The summed E-state index contributed by atoms with van der Waals surface area (Å²) in [6, 6.07) is 16.0. The molecular weight excluding hydrogens is 435 g/mol. The summed E-state index contributed by atoms with van der Waals surface area (Å²) in [7, 11) is 0. The second kappa shape index (κ2) is 8.01. The maximum absolute atomic E-state index is 10.7.